The summed E-state index contributed by atoms with van der Waals surface area (Å²) in [5, 5.41) is 35.5. The number of hydrogen-bond donors (Lipinski definition) is 2. The Kier molecular flexibility index (Phi) is 11.9. The number of benzene rings is 2. The summed E-state index contributed by atoms with van der Waals surface area (Å²) in [5.41, 5.74) is 2.84. The number of carbonyl (C=O) groups is 2. The molecule has 0 fully saturated rings. The molecule has 0 saturated heterocycles. The molecule has 0 unspecified atom stereocenters. The van der Waals surface area contributed by atoms with Crippen LogP contribution in [0.3, 0.4) is 0 Å². The summed E-state index contributed by atoms with van der Waals surface area (Å²) in [5.74, 6) is -2.28. The first-order valence-electron chi connectivity index (χ1n) is 12.0. The molecule has 0 spiro atoms. The van der Waals surface area contributed by atoms with Crippen LogP contribution < -0.4 is 34.7 Å². The minimum absolute atomic E-state index is 0. The molecule has 0 radical (unpaired) electrons. The zero-order valence-electron chi connectivity index (χ0n) is 22.0. The van der Waals surface area contributed by atoms with Gasteiger partial charge in [-0.2, -0.15) is 5.10 Å². The average molecular weight is 532 g/mol. The number of amides is 1. The van der Waals surface area contributed by atoms with Crippen LogP contribution in [0.1, 0.15) is 59.9 Å². The van der Waals surface area contributed by atoms with Gasteiger partial charge in [-0.15, -0.1) is 0 Å². The number of aliphatic hydroxyl groups excluding tert-OH is 2. The second-order valence-electron chi connectivity index (χ2n) is 9.23. The predicted molar refractivity (Wildman–Crippen MR) is 135 cm³/mol. The summed E-state index contributed by atoms with van der Waals surface area (Å²) in [7, 11) is 1.69. The van der Waals surface area contributed by atoms with Gasteiger partial charge in [0.05, 0.1) is 23.6 Å². The fourth-order valence-corrected chi connectivity index (χ4v) is 4.05. The Labute approximate surface area is 243 Å². The maximum absolute atomic E-state index is 13.6. The molecule has 2 atom stereocenters. The Bertz CT molecular complexity index is 1250. The molecule has 1 heterocycles. The van der Waals surface area contributed by atoms with Crippen molar-refractivity contribution >= 4 is 18.0 Å². The van der Waals surface area contributed by atoms with Crippen molar-refractivity contribution in [2.75, 3.05) is 7.05 Å². The second kappa shape index (κ2) is 14.4. The predicted octanol–water partition coefficient (Wildman–Crippen LogP) is -0.324. The van der Waals surface area contributed by atoms with Crippen LogP contribution in [-0.2, 0) is 11.3 Å². The zero-order chi connectivity index (χ0) is 27.1. The molecule has 38 heavy (non-hydrogen) atoms. The quantitative estimate of drug-likeness (QED) is 0.328. The monoisotopic (exact) mass is 531 g/mol. The largest absolute Gasteiger partial charge is 1.00 e. The van der Waals surface area contributed by atoms with Crippen molar-refractivity contribution in [3.63, 3.8) is 0 Å². The number of aliphatic hydroxyl groups is 2. The summed E-state index contributed by atoms with van der Waals surface area (Å²) < 4.78 is 15.1. The smallest absolute Gasteiger partial charge is 0.550 e. The van der Waals surface area contributed by atoms with Gasteiger partial charge >= 0.3 is 29.6 Å². The van der Waals surface area contributed by atoms with E-state index in [0.717, 1.165) is 5.56 Å². The minimum atomic E-state index is -1.41. The molecule has 10 heteroatoms. The van der Waals surface area contributed by atoms with Gasteiger partial charge in [-0.25, -0.2) is 9.07 Å². The first-order valence-corrected chi connectivity index (χ1v) is 12.0. The number of carboxylic acid groups (broad SMARTS) is 1. The van der Waals surface area contributed by atoms with Gasteiger partial charge in [0.2, 0.25) is 0 Å². The number of aromatic nitrogens is 2. The van der Waals surface area contributed by atoms with E-state index in [1.807, 2.05) is 44.2 Å². The van der Waals surface area contributed by atoms with E-state index < -0.39 is 30.4 Å². The van der Waals surface area contributed by atoms with E-state index in [1.54, 1.807) is 18.0 Å². The number of nitrogens with zero attached hydrogens (tertiary/aromatic N) is 3. The third-order valence-corrected chi connectivity index (χ3v) is 5.81. The molecular weight excluding hydrogens is 500 g/mol. The van der Waals surface area contributed by atoms with E-state index in [9.17, 15) is 29.3 Å². The van der Waals surface area contributed by atoms with Gasteiger partial charge in [0.25, 0.3) is 5.91 Å². The molecule has 0 bridgehead atoms. The molecule has 1 aromatic heterocycles. The van der Waals surface area contributed by atoms with Crippen molar-refractivity contribution in [2.24, 2.45) is 0 Å². The molecule has 0 aliphatic rings. The summed E-state index contributed by atoms with van der Waals surface area (Å²) >= 11 is 0. The normalized spacial score (nSPS) is 12.8. The van der Waals surface area contributed by atoms with Crippen LogP contribution in [0, 0.1) is 5.82 Å². The van der Waals surface area contributed by atoms with Crippen molar-refractivity contribution in [3.8, 4) is 5.69 Å². The standard InChI is InChI=1S/C28H32FN3O5.Na/c1-18(2)26-24(14-13-22(33)15-23(34)16-25(35)36)32(21-11-9-20(29)10-12-21)30-27(26)28(37)31(3)17-19-7-5-4-6-8-19;/h4-14,18,22-23,33-34H,15-17H2,1-3H3,(H,35,36);/q;+1/p-1/b14-13+;/t22-,23-;/m1./s1. The summed E-state index contributed by atoms with van der Waals surface area (Å²) in [6.07, 6.45) is -0.259. The van der Waals surface area contributed by atoms with Crippen molar-refractivity contribution in [1.82, 2.24) is 14.7 Å². The Morgan fingerprint density at radius 3 is 2.32 bits per heavy atom. The molecule has 0 saturated carbocycles. The molecule has 2 aromatic carbocycles. The maximum Gasteiger partial charge on any atom is 1.00 e. The molecule has 1 amide bonds. The topological polar surface area (TPSA) is 119 Å². The van der Waals surface area contributed by atoms with Gasteiger partial charge in [0.15, 0.2) is 5.69 Å². The fraction of sp³-hybridized carbons (Fsp3) is 0.321. The average Bonchev–Trinajstić information content (AvgIpc) is 3.22. The van der Waals surface area contributed by atoms with Crippen LogP contribution in [0.5, 0.6) is 0 Å². The van der Waals surface area contributed by atoms with E-state index in [0.29, 0.717) is 23.5 Å². The SMILES string of the molecule is CC(C)c1c(C(=O)N(C)Cc2ccccc2)nn(-c2ccc(F)cc2)c1/C=C/[C@@H](O)C[C@@H](O)CC(=O)[O-].[Na+]. The van der Waals surface area contributed by atoms with Crippen molar-refractivity contribution in [3.05, 3.63) is 89.0 Å². The van der Waals surface area contributed by atoms with Crippen LogP contribution in [0.2, 0.25) is 0 Å². The van der Waals surface area contributed by atoms with Gasteiger partial charge in [0.1, 0.15) is 5.82 Å². The molecule has 8 nitrogen and oxygen atoms in total. The van der Waals surface area contributed by atoms with Gasteiger partial charge < -0.3 is 25.0 Å². The second-order valence-corrected chi connectivity index (χ2v) is 9.23. The Balaban J connectivity index is 0.00000507. The number of hydrogen-bond acceptors (Lipinski definition) is 6. The summed E-state index contributed by atoms with van der Waals surface area (Å²) in [6, 6.07) is 15.2. The maximum atomic E-state index is 13.6. The van der Waals surface area contributed by atoms with Gasteiger partial charge in [-0.05, 0) is 41.8 Å². The van der Waals surface area contributed by atoms with E-state index in [1.165, 1.54) is 35.0 Å². The third-order valence-electron chi connectivity index (χ3n) is 5.81. The number of aliphatic carboxylic acids is 1. The van der Waals surface area contributed by atoms with Crippen molar-refractivity contribution in [1.29, 1.82) is 0 Å². The van der Waals surface area contributed by atoms with Crippen LogP contribution in [0.25, 0.3) is 11.8 Å². The van der Waals surface area contributed by atoms with Crippen LogP contribution >= 0.6 is 0 Å². The fourth-order valence-electron chi connectivity index (χ4n) is 4.05. The first kappa shape index (κ1) is 31.4. The Hall–Kier alpha value is -2.82. The Morgan fingerprint density at radius 1 is 1.11 bits per heavy atom. The number of halogens is 1. The first-order chi connectivity index (χ1) is 17.6. The number of rotatable bonds is 11. The zero-order valence-corrected chi connectivity index (χ0v) is 24.0. The van der Waals surface area contributed by atoms with Crippen LogP contribution in [0.15, 0.2) is 60.7 Å². The van der Waals surface area contributed by atoms with Gasteiger partial charge in [0, 0.05) is 38.0 Å². The number of carboxylic acids is 1. The molecular formula is C28H31FN3NaO5. The van der Waals surface area contributed by atoms with E-state index in [4.69, 9.17) is 0 Å². The van der Waals surface area contributed by atoms with Crippen molar-refractivity contribution in [2.45, 2.75) is 51.4 Å². The van der Waals surface area contributed by atoms with E-state index in [2.05, 4.69) is 5.10 Å². The Morgan fingerprint density at radius 2 is 1.74 bits per heavy atom. The molecule has 2 N–H and O–H groups in total. The number of carbonyl (C=O) groups excluding carboxylic acids is 2. The van der Waals surface area contributed by atoms with Gasteiger partial charge in [-0.1, -0.05) is 50.3 Å². The minimum Gasteiger partial charge on any atom is -0.550 e. The van der Waals surface area contributed by atoms with Crippen LogP contribution in [-0.4, -0.2) is 56.0 Å². The third kappa shape index (κ3) is 8.34. The van der Waals surface area contributed by atoms with Gasteiger partial charge in [-0.3, -0.25) is 4.79 Å². The van der Waals surface area contributed by atoms with E-state index >= 15 is 0 Å². The summed E-state index contributed by atoms with van der Waals surface area (Å²) in [4.78, 5) is 25.8. The summed E-state index contributed by atoms with van der Waals surface area (Å²) in [6.45, 7) is 4.20. The van der Waals surface area contributed by atoms with Crippen molar-refractivity contribution < 1.29 is 58.9 Å². The molecule has 3 rings (SSSR count). The van der Waals surface area contributed by atoms with Crippen LogP contribution in [0.4, 0.5) is 4.39 Å². The molecule has 0 aliphatic carbocycles. The molecule has 196 valence electrons. The van der Waals surface area contributed by atoms with E-state index in [-0.39, 0.29) is 53.5 Å². The molecule has 3 aromatic rings. The molecule has 0 aliphatic heterocycles.